The summed E-state index contributed by atoms with van der Waals surface area (Å²) in [5, 5.41) is 108. The van der Waals surface area contributed by atoms with E-state index in [9.17, 15) is 51.1 Å². The summed E-state index contributed by atoms with van der Waals surface area (Å²) >= 11 is 0. The lowest BCUT2D eigenvalue weighted by Crippen LogP contribution is -2.67. The van der Waals surface area contributed by atoms with Gasteiger partial charge in [0, 0.05) is 12.3 Å². The van der Waals surface area contributed by atoms with Crippen LogP contribution in [0.4, 0.5) is 0 Å². The summed E-state index contributed by atoms with van der Waals surface area (Å²) in [5.41, 5.74) is -0.0296. The van der Waals surface area contributed by atoms with Gasteiger partial charge < -0.3 is 89.0 Å². The van der Waals surface area contributed by atoms with Crippen LogP contribution in [0.1, 0.15) is 92.4 Å². The van der Waals surface area contributed by atoms with Crippen LogP contribution in [0.2, 0.25) is 0 Å². The van der Waals surface area contributed by atoms with E-state index in [0.29, 0.717) is 48.3 Å². The molecular weight excluding hydrogens is 828 g/mol. The number of fused-ring (bicyclic) bond motifs is 7. The third-order valence-corrected chi connectivity index (χ3v) is 18.3. The number of rotatable bonds is 8. The maximum Gasteiger partial charge on any atom is 0.187 e. The van der Waals surface area contributed by atoms with Crippen molar-refractivity contribution >= 4 is 0 Å². The average molecular weight is 903 g/mol. The van der Waals surface area contributed by atoms with Crippen molar-refractivity contribution in [3.8, 4) is 0 Å². The minimum atomic E-state index is -1.85. The first-order valence-electron chi connectivity index (χ1n) is 23.8. The third-order valence-electron chi connectivity index (χ3n) is 18.3. The molecule has 9 fully saturated rings. The molecule has 2 unspecified atom stereocenters. The van der Waals surface area contributed by atoms with E-state index in [4.69, 9.17) is 37.9 Å². The maximum absolute atomic E-state index is 12.1. The quantitative estimate of drug-likeness (QED) is 0.134. The maximum atomic E-state index is 12.1. The van der Waals surface area contributed by atoms with Crippen LogP contribution in [0.25, 0.3) is 0 Å². The van der Waals surface area contributed by atoms with Gasteiger partial charge in [0.05, 0.1) is 44.2 Å². The van der Waals surface area contributed by atoms with Crippen molar-refractivity contribution in [3.05, 3.63) is 0 Å². The molecular formula is C45H74O18. The summed E-state index contributed by atoms with van der Waals surface area (Å²) in [6.07, 6.45) is -17.0. The molecule has 0 amide bonds. The van der Waals surface area contributed by atoms with Gasteiger partial charge >= 0.3 is 0 Å². The van der Waals surface area contributed by atoms with Crippen LogP contribution in [-0.2, 0) is 37.9 Å². The molecule has 0 aromatic heterocycles. The van der Waals surface area contributed by atoms with Crippen LogP contribution in [0.3, 0.4) is 0 Å². The summed E-state index contributed by atoms with van der Waals surface area (Å²) in [4.78, 5) is 0. The van der Waals surface area contributed by atoms with Crippen LogP contribution in [-0.4, -0.2) is 187 Å². The fourth-order valence-corrected chi connectivity index (χ4v) is 14.7. The lowest BCUT2D eigenvalue weighted by molar-refractivity contribution is -0.392. The van der Waals surface area contributed by atoms with Gasteiger partial charge in [-0.2, -0.15) is 0 Å². The monoisotopic (exact) mass is 902 g/mol. The van der Waals surface area contributed by atoms with Crippen LogP contribution < -0.4 is 0 Å². The van der Waals surface area contributed by atoms with Gasteiger partial charge in [-0.05, 0) is 105 Å². The zero-order valence-electron chi connectivity index (χ0n) is 37.2. The average Bonchev–Trinajstić information content (AvgIpc) is 3.70. The SMILES string of the molecule is C[C@@H]1CC[C@@]2(OC1)OC1C[C@H]3[C@@H]4CC[C@H]5C[C@@H](O[C@@H]6O[C@H](CO)[C@H](O[C@@H]7O[C@H](CO)[C@@H](O)[C@H](O)[C@H]7O)[C@H](O)[C@H]6O[C@@H]6O[C@@H](C)[C@H](O)[C@@H](O)[C@H]6O)[C@H](O)C[C@]5(C)[C@H]4CC[C@]3(C)C1[C@@H]2C. The highest BCUT2D eigenvalue weighted by atomic mass is 16.8. The van der Waals surface area contributed by atoms with E-state index >= 15 is 0 Å². The zero-order valence-corrected chi connectivity index (χ0v) is 37.2. The Balaban J connectivity index is 0.916. The predicted octanol–water partition coefficient (Wildman–Crippen LogP) is -0.735. The molecule has 9 rings (SSSR count). The Morgan fingerprint density at radius 2 is 1.27 bits per heavy atom. The third kappa shape index (κ3) is 7.79. The van der Waals surface area contributed by atoms with Gasteiger partial charge in [0.2, 0.25) is 0 Å². The van der Waals surface area contributed by atoms with Gasteiger partial charge in [-0.25, -0.2) is 0 Å². The van der Waals surface area contributed by atoms with E-state index in [1.165, 1.54) is 6.92 Å². The fourth-order valence-electron chi connectivity index (χ4n) is 14.7. The Bertz CT molecular complexity index is 1580. The highest BCUT2D eigenvalue weighted by molar-refractivity contribution is 5.16. The number of hydrogen-bond donors (Lipinski definition) is 10. The van der Waals surface area contributed by atoms with E-state index in [2.05, 4.69) is 27.7 Å². The van der Waals surface area contributed by atoms with Crippen molar-refractivity contribution in [1.82, 2.24) is 0 Å². The van der Waals surface area contributed by atoms with E-state index in [0.717, 1.165) is 51.6 Å². The van der Waals surface area contributed by atoms with Crippen molar-refractivity contribution < 1.29 is 89.0 Å². The Hall–Kier alpha value is -0.720. The Kier molecular flexibility index (Phi) is 13.3. The lowest BCUT2D eigenvalue weighted by Gasteiger charge is -2.62. The second-order valence-electron chi connectivity index (χ2n) is 21.7. The molecule has 28 atom stereocenters. The van der Waals surface area contributed by atoms with Gasteiger partial charge in [0.25, 0.3) is 0 Å². The highest BCUT2D eigenvalue weighted by Gasteiger charge is 2.69. The topological polar surface area (TPSA) is 276 Å². The molecule has 362 valence electrons. The van der Waals surface area contributed by atoms with Crippen LogP contribution in [0.15, 0.2) is 0 Å². The first-order valence-corrected chi connectivity index (χ1v) is 23.8. The van der Waals surface area contributed by atoms with E-state index in [-0.39, 0.29) is 22.9 Å². The van der Waals surface area contributed by atoms with Gasteiger partial charge in [-0.3, -0.25) is 0 Å². The molecule has 5 aliphatic heterocycles. The summed E-state index contributed by atoms with van der Waals surface area (Å²) < 4.78 is 49.7. The molecule has 5 heterocycles. The van der Waals surface area contributed by atoms with Gasteiger partial charge in [-0.15, -0.1) is 0 Å². The second-order valence-corrected chi connectivity index (χ2v) is 21.7. The number of aliphatic hydroxyl groups excluding tert-OH is 10. The fraction of sp³-hybridized carbons (Fsp3) is 1.00. The minimum Gasteiger partial charge on any atom is -0.394 e. The molecule has 1 spiro atoms. The molecule has 4 aliphatic carbocycles. The lowest BCUT2D eigenvalue weighted by atomic mass is 9.44. The molecule has 0 aromatic rings. The van der Waals surface area contributed by atoms with Crippen molar-refractivity contribution in [2.24, 2.45) is 52.3 Å². The molecule has 9 aliphatic rings. The van der Waals surface area contributed by atoms with Crippen LogP contribution >= 0.6 is 0 Å². The second kappa shape index (κ2) is 17.7. The molecule has 10 N–H and O–H groups in total. The molecule has 4 saturated carbocycles. The smallest absolute Gasteiger partial charge is 0.187 e. The Morgan fingerprint density at radius 1 is 0.603 bits per heavy atom. The van der Waals surface area contributed by atoms with Crippen molar-refractivity contribution in [1.29, 1.82) is 0 Å². The van der Waals surface area contributed by atoms with Gasteiger partial charge in [0.15, 0.2) is 24.7 Å². The molecule has 18 nitrogen and oxygen atoms in total. The normalized spacial score (nSPS) is 59.4. The summed E-state index contributed by atoms with van der Waals surface area (Å²) in [5.74, 6) is 2.45. The van der Waals surface area contributed by atoms with Crippen LogP contribution in [0.5, 0.6) is 0 Å². The van der Waals surface area contributed by atoms with E-state index in [1.54, 1.807) is 0 Å². The summed E-state index contributed by atoms with van der Waals surface area (Å²) in [6.45, 7) is 10.2. The zero-order chi connectivity index (χ0) is 45.1. The largest absolute Gasteiger partial charge is 0.394 e. The highest BCUT2D eigenvalue weighted by Crippen LogP contribution is 2.71. The van der Waals surface area contributed by atoms with Gasteiger partial charge in [-0.1, -0.05) is 27.7 Å². The minimum absolute atomic E-state index is 0.145. The first kappa shape index (κ1) is 47.4. The van der Waals surface area contributed by atoms with E-state index in [1.807, 2.05) is 0 Å². The predicted molar refractivity (Wildman–Crippen MR) is 216 cm³/mol. The molecule has 63 heavy (non-hydrogen) atoms. The molecule has 18 heteroatoms. The number of aliphatic hydroxyl groups is 10. The molecule has 0 radical (unpaired) electrons. The van der Waals surface area contributed by atoms with Crippen LogP contribution in [0, 0.1) is 52.3 Å². The van der Waals surface area contributed by atoms with Crippen molar-refractivity contribution in [2.75, 3.05) is 19.8 Å². The van der Waals surface area contributed by atoms with Crippen molar-refractivity contribution in [2.45, 2.75) is 209 Å². The Labute approximate surface area is 369 Å². The molecule has 0 bridgehead atoms. The number of hydrogen-bond acceptors (Lipinski definition) is 18. The number of ether oxygens (including phenoxy) is 8. The van der Waals surface area contributed by atoms with Crippen molar-refractivity contribution in [3.63, 3.8) is 0 Å². The molecule has 5 saturated heterocycles. The summed E-state index contributed by atoms with van der Waals surface area (Å²) in [7, 11) is 0. The summed E-state index contributed by atoms with van der Waals surface area (Å²) in [6, 6.07) is 0. The first-order chi connectivity index (χ1) is 29.8. The standard InChI is InChI=1S/C45H74O18/c1-18-8-11-45(56-17-18)19(2)30-27(63-45)13-24-22-7-6-21-12-26(25(48)14-44(21,5)23(22)9-10-43(24,30)4)58-42-39(62-40-35(53)33(51)31(49)20(3)57-40)37(55)38(29(16-47)60-42)61-41-36(54)34(52)32(50)28(15-46)59-41/h18-42,46-55H,6-17H2,1-5H3/t18-,19+,20+,21+,22-,23+,24+,25-,26-,27?,28-,29-,30?,31+,32-,33-,34+,35-,36-,37+,38+,39-,40+,41+,42-,43+,44+,45-/m1/s1. The Morgan fingerprint density at radius 3 is 1.95 bits per heavy atom. The van der Waals surface area contributed by atoms with E-state index < -0.39 is 123 Å². The molecule has 0 aromatic carbocycles. The van der Waals surface area contributed by atoms with Gasteiger partial charge in [0.1, 0.15) is 67.1 Å².